The third kappa shape index (κ3) is 3.52. The summed E-state index contributed by atoms with van der Waals surface area (Å²) in [6, 6.07) is 15.0. The highest BCUT2D eigenvalue weighted by Gasteiger charge is 2.13. The molecule has 0 spiro atoms. The van der Waals surface area contributed by atoms with Crippen LogP contribution in [0.3, 0.4) is 0 Å². The second kappa shape index (κ2) is 6.63. The topological polar surface area (TPSA) is 43.1 Å². The third-order valence-corrected chi connectivity index (χ3v) is 5.15. The monoisotopic (exact) mass is 291 g/mol. The van der Waals surface area contributed by atoms with E-state index in [1.807, 2.05) is 24.3 Å². The molecule has 0 saturated heterocycles. The molecule has 0 unspecified atom stereocenters. The number of benzene rings is 2. The maximum Gasteiger partial charge on any atom is 0.283 e. The highest BCUT2D eigenvalue weighted by Crippen LogP contribution is 2.42. The van der Waals surface area contributed by atoms with E-state index in [1.54, 1.807) is 22.9 Å². The zero-order chi connectivity index (χ0) is 13.7. The first kappa shape index (κ1) is 14.0. The van der Waals surface area contributed by atoms with Gasteiger partial charge in [-0.15, -0.1) is 0 Å². The van der Waals surface area contributed by atoms with E-state index in [2.05, 4.69) is 13.0 Å². The Kier molecular flexibility index (Phi) is 4.87. The summed E-state index contributed by atoms with van der Waals surface area (Å²) in [5.41, 5.74) is 1.42. The van der Waals surface area contributed by atoms with Crippen LogP contribution in [0.1, 0.15) is 12.5 Å². The molecule has 0 heterocycles. The first-order valence-electron chi connectivity index (χ1n) is 5.88. The van der Waals surface area contributed by atoms with Gasteiger partial charge in [-0.1, -0.05) is 48.0 Å². The molecule has 0 aliphatic heterocycles. The lowest BCUT2D eigenvalue weighted by atomic mass is 10.2. The van der Waals surface area contributed by atoms with Crippen LogP contribution in [-0.4, -0.2) is 4.92 Å². The Bertz CT molecular complexity index is 587. The van der Waals surface area contributed by atoms with Crippen LogP contribution in [0, 0.1) is 10.1 Å². The molecule has 98 valence electrons. The number of para-hydroxylation sites is 1. The lowest BCUT2D eigenvalue weighted by molar-refractivity contribution is -0.387. The second-order valence-corrected chi connectivity index (χ2v) is 6.07. The predicted molar refractivity (Wildman–Crippen MR) is 80.6 cm³/mol. The molecule has 0 bridgehead atoms. The largest absolute Gasteiger partial charge is 0.283 e. The van der Waals surface area contributed by atoms with Gasteiger partial charge in [0.05, 0.1) is 9.82 Å². The van der Waals surface area contributed by atoms with Crippen molar-refractivity contribution in [1.82, 2.24) is 0 Å². The van der Waals surface area contributed by atoms with E-state index in [9.17, 15) is 10.1 Å². The quantitative estimate of drug-likeness (QED) is 0.444. The van der Waals surface area contributed by atoms with Crippen LogP contribution in [0.4, 0.5) is 5.69 Å². The van der Waals surface area contributed by atoms with E-state index in [4.69, 9.17) is 0 Å². The number of hydrogen-bond acceptors (Lipinski definition) is 4. The van der Waals surface area contributed by atoms with Gasteiger partial charge in [0, 0.05) is 11.0 Å². The average molecular weight is 291 g/mol. The Labute approximate surface area is 120 Å². The standard InChI is InChI=1S/C14H13NO2S2/c1-2-11-7-3-5-9-13(11)18-19-14-10-6-4-8-12(14)15(16)17/h3-10H,2H2,1H3. The van der Waals surface area contributed by atoms with Crippen LogP contribution in [0.2, 0.25) is 0 Å². The minimum absolute atomic E-state index is 0.161. The van der Waals surface area contributed by atoms with Crippen molar-refractivity contribution in [2.75, 3.05) is 0 Å². The van der Waals surface area contributed by atoms with E-state index < -0.39 is 0 Å². The number of rotatable bonds is 5. The number of nitrogens with zero attached hydrogens (tertiary/aromatic N) is 1. The van der Waals surface area contributed by atoms with Gasteiger partial charge in [0.1, 0.15) is 0 Å². The van der Waals surface area contributed by atoms with Gasteiger partial charge in [-0.25, -0.2) is 0 Å². The summed E-state index contributed by atoms with van der Waals surface area (Å²) in [7, 11) is 3.00. The van der Waals surface area contributed by atoms with Crippen LogP contribution < -0.4 is 0 Å². The molecule has 0 amide bonds. The zero-order valence-corrected chi connectivity index (χ0v) is 12.0. The van der Waals surface area contributed by atoms with Gasteiger partial charge in [-0.3, -0.25) is 10.1 Å². The molecule has 2 rings (SSSR count). The van der Waals surface area contributed by atoms with E-state index in [0.29, 0.717) is 4.90 Å². The SMILES string of the molecule is CCc1ccccc1SSc1ccccc1[N+](=O)[O-]. The molecule has 0 aromatic heterocycles. The maximum atomic E-state index is 10.9. The van der Waals surface area contributed by atoms with Gasteiger partial charge in [-0.05, 0) is 34.9 Å². The van der Waals surface area contributed by atoms with E-state index in [-0.39, 0.29) is 10.6 Å². The molecule has 2 aromatic carbocycles. The normalized spacial score (nSPS) is 10.4. The van der Waals surface area contributed by atoms with Crippen LogP contribution in [0.25, 0.3) is 0 Å². The van der Waals surface area contributed by atoms with Gasteiger partial charge >= 0.3 is 0 Å². The molecule has 0 radical (unpaired) electrons. The van der Waals surface area contributed by atoms with Crippen molar-refractivity contribution in [3.8, 4) is 0 Å². The Hall–Kier alpha value is -1.46. The molecular weight excluding hydrogens is 278 g/mol. The first-order chi connectivity index (χ1) is 9.22. The van der Waals surface area contributed by atoms with Crippen molar-refractivity contribution in [1.29, 1.82) is 0 Å². The van der Waals surface area contributed by atoms with E-state index >= 15 is 0 Å². The number of aryl methyl sites for hydroxylation is 1. The van der Waals surface area contributed by atoms with Gasteiger partial charge in [-0.2, -0.15) is 0 Å². The molecule has 0 aliphatic rings. The van der Waals surface area contributed by atoms with Crippen LogP contribution in [0.5, 0.6) is 0 Å². The van der Waals surface area contributed by atoms with Crippen molar-refractivity contribution < 1.29 is 4.92 Å². The minimum atomic E-state index is -0.339. The first-order valence-corrected chi connectivity index (χ1v) is 8.03. The lowest BCUT2D eigenvalue weighted by Gasteiger charge is -2.06. The van der Waals surface area contributed by atoms with Crippen LogP contribution in [-0.2, 0) is 6.42 Å². The summed E-state index contributed by atoms with van der Waals surface area (Å²) in [5, 5.41) is 10.9. The van der Waals surface area contributed by atoms with Crippen LogP contribution in [0.15, 0.2) is 58.3 Å². The maximum absolute atomic E-state index is 10.9. The molecular formula is C14H13NO2S2. The summed E-state index contributed by atoms with van der Waals surface area (Å²) in [5.74, 6) is 0. The van der Waals surface area contributed by atoms with Crippen molar-refractivity contribution in [3.05, 3.63) is 64.2 Å². The molecule has 5 heteroatoms. The minimum Gasteiger partial charge on any atom is -0.258 e. The zero-order valence-electron chi connectivity index (χ0n) is 10.4. The number of hydrogen-bond donors (Lipinski definition) is 0. The predicted octanol–water partition coefficient (Wildman–Crippen LogP) is 4.96. The third-order valence-electron chi connectivity index (χ3n) is 2.64. The number of nitro benzene ring substituents is 1. The van der Waals surface area contributed by atoms with Gasteiger partial charge < -0.3 is 0 Å². The summed E-state index contributed by atoms with van der Waals surface area (Å²) in [6.07, 6.45) is 0.959. The fourth-order valence-electron chi connectivity index (χ4n) is 1.65. The van der Waals surface area contributed by atoms with Gasteiger partial charge in [0.25, 0.3) is 5.69 Å². The average Bonchev–Trinajstić information content (AvgIpc) is 2.45. The Morgan fingerprint density at radius 1 is 1.00 bits per heavy atom. The highest BCUT2D eigenvalue weighted by atomic mass is 33.1. The van der Waals surface area contributed by atoms with E-state index in [1.165, 1.54) is 22.4 Å². The van der Waals surface area contributed by atoms with Gasteiger partial charge in [0.15, 0.2) is 0 Å². The summed E-state index contributed by atoms with van der Waals surface area (Å²) in [4.78, 5) is 12.4. The summed E-state index contributed by atoms with van der Waals surface area (Å²) >= 11 is 0. The van der Waals surface area contributed by atoms with E-state index in [0.717, 1.165) is 11.3 Å². The Morgan fingerprint density at radius 2 is 1.58 bits per heavy atom. The summed E-state index contributed by atoms with van der Waals surface area (Å²) < 4.78 is 0. The Balaban J connectivity index is 2.17. The molecule has 0 fully saturated rings. The molecule has 0 N–H and O–H groups in total. The second-order valence-electron chi connectivity index (χ2n) is 3.85. The highest BCUT2D eigenvalue weighted by molar-refractivity contribution is 8.76. The smallest absolute Gasteiger partial charge is 0.258 e. The molecule has 0 atom stereocenters. The number of nitro groups is 1. The van der Waals surface area contributed by atoms with Gasteiger partial charge in [0.2, 0.25) is 0 Å². The summed E-state index contributed by atoms with van der Waals surface area (Å²) in [6.45, 7) is 2.11. The molecule has 2 aromatic rings. The van der Waals surface area contributed by atoms with Crippen molar-refractivity contribution >= 4 is 27.3 Å². The van der Waals surface area contributed by atoms with Crippen LogP contribution >= 0.6 is 21.6 Å². The molecule has 19 heavy (non-hydrogen) atoms. The van der Waals surface area contributed by atoms with Crippen molar-refractivity contribution in [2.24, 2.45) is 0 Å². The Morgan fingerprint density at radius 3 is 2.26 bits per heavy atom. The molecule has 0 aliphatic carbocycles. The lowest BCUT2D eigenvalue weighted by Crippen LogP contribution is -1.89. The fourth-order valence-corrected chi connectivity index (χ4v) is 4.09. The molecule has 3 nitrogen and oxygen atoms in total. The van der Waals surface area contributed by atoms with Crippen molar-refractivity contribution in [3.63, 3.8) is 0 Å². The molecule has 0 saturated carbocycles. The fraction of sp³-hybridized carbons (Fsp3) is 0.143. The van der Waals surface area contributed by atoms with Crippen molar-refractivity contribution in [2.45, 2.75) is 23.1 Å².